The average molecular weight is 1070 g/mol. The third-order valence-corrected chi connectivity index (χ3v) is 13.1. The molecule has 0 aromatic rings. The van der Waals surface area contributed by atoms with E-state index in [0.717, 1.165) is 148 Å². The lowest BCUT2D eigenvalue weighted by molar-refractivity contribution is -0.167. The van der Waals surface area contributed by atoms with Gasteiger partial charge < -0.3 is 14.2 Å². The van der Waals surface area contributed by atoms with Crippen LogP contribution >= 0.6 is 0 Å². The number of carbonyl (C=O) groups excluding carboxylic acids is 3. The molecule has 0 saturated heterocycles. The molecule has 0 aliphatic carbocycles. The second-order valence-corrected chi connectivity index (χ2v) is 20.6. The maximum atomic E-state index is 12.8. The number of allylic oxidation sites excluding steroid dienone is 22. The molecule has 0 aromatic carbocycles. The van der Waals surface area contributed by atoms with E-state index in [1.165, 1.54) is 89.9 Å². The predicted molar refractivity (Wildman–Crippen MR) is 334 cm³/mol. The van der Waals surface area contributed by atoms with E-state index in [-0.39, 0.29) is 31.1 Å². The predicted octanol–water partition coefficient (Wildman–Crippen LogP) is 21.8. The van der Waals surface area contributed by atoms with Gasteiger partial charge in [-0.05, 0) is 122 Å². The Morgan fingerprint density at radius 1 is 0.273 bits per heavy atom. The van der Waals surface area contributed by atoms with E-state index in [2.05, 4.69) is 154 Å². The van der Waals surface area contributed by atoms with Gasteiger partial charge >= 0.3 is 17.9 Å². The molecule has 1 atom stereocenters. The van der Waals surface area contributed by atoms with Gasteiger partial charge in [0.25, 0.3) is 0 Å². The van der Waals surface area contributed by atoms with Crippen LogP contribution in [0.1, 0.15) is 278 Å². The number of unbranched alkanes of at least 4 members (excludes halogenated alkanes) is 23. The summed E-state index contributed by atoms with van der Waals surface area (Å²) in [5.74, 6) is -0.926. The Morgan fingerprint density at radius 3 is 0.805 bits per heavy atom. The van der Waals surface area contributed by atoms with Crippen LogP contribution in [0.25, 0.3) is 0 Å². The topological polar surface area (TPSA) is 78.9 Å². The zero-order valence-electron chi connectivity index (χ0n) is 49.9. The number of rotatable bonds is 56. The van der Waals surface area contributed by atoms with Gasteiger partial charge in [-0.15, -0.1) is 0 Å². The largest absolute Gasteiger partial charge is 0.462 e. The standard InChI is InChI=1S/C71H116O6/c1-4-7-10-13-16-19-22-24-26-27-28-29-30-31-32-33-34-35-36-37-38-39-40-41-42-43-44-45-46-48-49-52-55-58-61-64-70(73)76-67-68(66-75-69(72)63-60-57-54-51-21-18-15-12-9-6-3)77-71(74)65-62-59-56-53-50-47-25-23-20-17-14-11-8-5-2/h7,10,16,19,23-26,28-29,31-32,34-35,37-38,40-41,43-44,46,48,68H,4-6,8-9,11-15,17-18,20-22,27,30,33,36,39,42,45,47,49-67H2,1-3H3/b10-7-,19-16-,25-23-,26-24-,29-28-,32-31-,35-34-,38-37-,41-40-,44-43-,48-46-. The fraction of sp³-hybridized carbons (Fsp3) is 0.648. The Hall–Kier alpha value is -4.45. The quantitative estimate of drug-likeness (QED) is 0.0261. The van der Waals surface area contributed by atoms with E-state index in [1.807, 2.05) is 0 Å². The van der Waals surface area contributed by atoms with Gasteiger partial charge in [0.15, 0.2) is 6.10 Å². The Bertz CT molecular complexity index is 1650. The zero-order chi connectivity index (χ0) is 55.7. The summed E-state index contributed by atoms with van der Waals surface area (Å²) in [4.78, 5) is 38.1. The highest BCUT2D eigenvalue weighted by Gasteiger charge is 2.19. The first-order valence-electron chi connectivity index (χ1n) is 31.7. The summed E-state index contributed by atoms with van der Waals surface area (Å²) in [6.45, 7) is 6.47. The molecule has 1 unspecified atom stereocenters. The van der Waals surface area contributed by atoms with Crippen molar-refractivity contribution in [1.82, 2.24) is 0 Å². The van der Waals surface area contributed by atoms with Gasteiger partial charge in [-0.25, -0.2) is 0 Å². The van der Waals surface area contributed by atoms with Crippen LogP contribution in [0.2, 0.25) is 0 Å². The van der Waals surface area contributed by atoms with Gasteiger partial charge in [-0.3, -0.25) is 14.4 Å². The highest BCUT2D eigenvalue weighted by atomic mass is 16.6. The lowest BCUT2D eigenvalue weighted by Crippen LogP contribution is -2.30. The number of hydrogen-bond donors (Lipinski definition) is 0. The highest BCUT2D eigenvalue weighted by molar-refractivity contribution is 5.71. The molecule has 0 aliphatic rings. The lowest BCUT2D eigenvalue weighted by atomic mass is 10.1. The van der Waals surface area contributed by atoms with Crippen LogP contribution in [0.15, 0.2) is 134 Å². The van der Waals surface area contributed by atoms with Gasteiger partial charge in [0, 0.05) is 19.3 Å². The molecule has 0 saturated carbocycles. The van der Waals surface area contributed by atoms with Crippen LogP contribution in [0.4, 0.5) is 0 Å². The van der Waals surface area contributed by atoms with Gasteiger partial charge in [0.1, 0.15) is 13.2 Å². The Labute approximate surface area is 475 Å². The smallest absolute Gasteiger partial charge is 0.306 e. The number of esters is 3. The Morgan fingerprint density at radius 2 is 0.506 bits per heavy atom. The summed E-state index contributed by atoms with van der Waals surface area (Å²) in [5, 5.41) is 0. The molecule has 0 bridgehead atoms. The van der Waals surface area contributed by atoms with Crippen molar-refractivity contribution in [2.45, 2.75) is 284 Å². The van der Waals surface area contributed by atoms with E-state index in [0.29, 0.717) is 19.3 Å². The molecule has 0 heterocycles. The van der Waals surface area contributed by atoms with E-state index in [1.54, 1.807) is 0 Å². The summed E-state index contributed by atoms with van der Waals surface area (Å²) in [7, 11) is 0. The number of hydrogen-bond acceptors (Lipinski definition) is 6. The van der Waals surface area contributed by atoms with Crippen molar-refractivity contribution in [2.75, 3.05) is 13.2 Å². The molecule has 6 nitrogen and oxygen atoms in total. The van der Waals surface area contributed by atoms with Crippen LogP contribution < -0.4 is 0 Å². The van der Waals surface area contributed by atoms with Crippen molar-refractivity contribution in [3.63, 3.8) is 0 Å². The van der Waals surface area contributed by atoms with Gasteiger partial charge in [-0.1, -0.05) is 270 Å². The summed E-state index contributed by atoms with van der Waals surface area (Å²) >= 11 is 0. The minimum Gasteiger partial charge on any atom is -0.462 e. The molecule has 0 spiro atoms. The molecule has 6 heteroatoms. The first kappa shape index (κ1) is 72.5. The molecule has 0 aliphatic heterocycles. The van der Waals surface area contributed by atoms with E-state index in [4.69, 9.17) is 14.2 Å². The third kappa shape index (κ3) is 62.3. The number of ether oxygens (including phenoxy) is 3. The summed E-state index contributed by atoms with van der Waals surface area (Å²) < 4.78 is 16.8. The second kappa shape index (κ2) is 64.1. The first-order valence-corrected chi connectivity index (χ1v) is 31.7. The normalized spacial score (nSPS) is 13.0. The Kier molecular flexibility index (Phi) is 60.4. The summed E-state index contributed by atoms with van der Waals surface area (Å²) in [6.07, 6.45) is 90.4. The molecule has 77 heavy (non-hydrogen) atoms. The first-order chi connectivity index (χ1) is 38.0. The summed E-state index contributed by atoms with van der Waals surface area (Å²) in [6, 6.07) is 0. The van der Waals surface area contributed by atoms with Crippen molar-refractivity contribution >= 4 is 17.9 Å². The average Bonchev–Trinajstić information content (AvgIpc) is 3.43. The minimum absolute atomic E-state index is 0.0899. The van der Waals surface area contributed by atoms with E-state index in [9.17, 15) is 14.4 Å². The molecule has 0 rings (SSSR count). The van der Waals surface area contributed by atoms with Gasteiger partial charge in [-0.2, -0.15) is 0 Å². The van der Waals surface area contributed by atoms with Crippen molar-refractivity contribution in [2.24, 2.45) is 0 Å². The van der Waals surface area contributed by atoms with E-state index < -0.39 is 6.10 Å². The van der Waals surface area contributed by atoms with Crippen LogP contribution in [0.5, 0.6) is 0 Å². The number of carbonyl (C=O) groups is 3. The minimum atomic E-state index is -0.794. The SMILES string of the molecule is CC/C=C\C/C=C\C/C=C\C/C=C\C/C=C\C/C=C\C/C=C\C/C=C\C/C=C\C/C=C\CCCCCCC(=O)OCC(COC(=O)CCCCCCCCCCCC)OC(=O)CCCCCCC/C=C\CCCCCCC. The fourth-order valence-corrected chi connectivity index (χ4v) is 8.41. The van der Waals surface area contributed by atoms with Gasteiger partial charge in [0.2, 0.25) is 0 Å². The molecular weight excluding hydrogens is 949 g/mol. The lowest BCUT2D eigenvalue weighted by Gasteiger charge is -2.18. The van der Waals surface area contributed by atoms with Gasteiger partial charge in [0.05, 0.1) is 0 Å². The van der Waals surface area contributed by atoms with Crippen LogP contribution in [0, 0.1) is 0 Å². The third-order valence-electron chi connectivity index (χ3n) is 13.1. The highest BCUT2D eigenvalue weighted by Crippen LogP contribution is 2.14. The summed E-state index contributed by atoms with van der Waals surface area (Å²) in [5.41, 5.74) is 0. The van der Waals surface area contributed by atoms with Crippen molar-refractivity contribution in [3.8, 4) is 0 Å². The second-order valence-electron chi connectivity index (χ2n) is 20.6. The molecule has 0 aromatic heterocycles. The van der Waals surface area contributed by atoms with Crippen molar-refractivity contribution < 1.29 is 28.6 Å². The zero-order valence-corrected chi connectivity index (χ0v) is 49.9. The van der Waals surface area contributed by atoms with Crippen molar-refractivity contribution in [1.29, 1.82) is 0 Å². The molecule has 0 fully saturated rings. The molecular formula is C71H116O6. The molecule has 436 valence electrons. The monoisotopic (exact) mass is 1060 g/mol. The van der Waals surface area contributed by atoms with Crippen LogP contribution in [0.3, 0.4) is 0 Å². The van der Waals surface area contributed by atoms with Crippen LogP contribution in [-0.2, 0) is 28.6 Å². The van der Waals surface area contributed by atoms with Crippen LogP contribution in [-0.4, -0.2) is 37.2 Å². The molecule has 0 radical (unpaired) electrons. The van der Waals surface area contributed by atoms with E-state index >= 15 is 0 Å². The molecule has 0 amide bonds. The fourth-order valence-electron chi connectivity index (χ4n) is 8.41. The van der Waals surface area contributed by atoms with Crippen molar-refractivity contribution in [3.05, 3.63) is 134 Å². The molecule has 0 N–H and O–H groups in total. The maximum Gasteiger partial charge on any atom is 0.306 e. The maximum absolute atomic E-state index is 12.8. The Balaban J connectivity index is 4.26.